The van der Waals surface area contributed by atoms with Gasteiger partial charge in [0.1, 0.15) is 0 Å². The summed E-state index contributed by atoms with van der Waals surface area (Å²) in [6, 6.07) is 0. The van der Waals surface area contributed by atoms with Crippen LogP contribution in [0.1, 0.15) is 26.2 Å². The average molecular weight is 144 g/mol. The van der Waals surface area contributed by atoms with E-state index in [4.69, 9.17) is 4.74 Å². The van der Waals surface area contributed by atoms with E-state index in [1.807, 2.05) is 0 Å². The van der Waals surface area contributed by atoms with Crippen LogP contribution in [0.4, 0.5) is 0 Å². The van der Waals surface area contributed by atoms with Gasteiger partial charge in [0, 0.05) is 7.11 Å². The summed E-state index contributed by atoms with van der Waals surface area (Å²) in [6.07, 6.45) is 3.18. The molecule has 0 amide bonds. The summed E-state index contributed by atoms with van der Waals surface area (Å²) in [5, 5.41) is 9.40. The number of hydrogen-bond acceptors (Lipinski definition) is 2. The first-order valence-electron chi connectivity index (χ1n) is 3.95. The van der Waals surface area contributed by atoms with E-state index in [1.165, 1.54) is 0 Å². The second-order valence-corrected chi connectivity index (χ2v) is 3.22. The molecule has 60 valence electrons. The van der Waals surface area contributed by atoms with E-state index in [-0.39, 0.29) is 6.10 Å². The maximum atomic E-state index is 9.40. The maximum absolute atomic E-state index is 9.40. The molecule has 2 heteroatoms. The van der Waals surface area contributed by atoms with Crippen molar-refractivity contribution < 1.29 is 9.84 Å². The lowest BCUT2D eigenvalue weighted by atomic mass is 9.86. The van der Waals surface area contributed by atoms with Gasteiger partial charge in [0.25, 0.3) is 0 Å². The van der Waals surface area contributed by atoms with E-state index in [2.05, 4.69) is 6.92 Å². The molecule has 1 N–H and O–H groups in total. The molecule has 0 aliphatic heterocycles. The third kappa shape index (κ3) is 1.70. The van der Waals surface area contributed by atoms with Crippen molar-refractivity contribution in [2.45, 2.75) is 38.4 Å². The summed E-state index contributed by atoms with van der Waals surface area (Å²) in [5.74, 6) is 0.464. The summed E-state index contributed by atoms with van der Waals surface area (Å²) in [6.45, 7) is 2.09. The Hall–Kier alpha value is -0.0800. The third-order valence-electron chi connectivity index (χ3n) is 2.44. The highest BCUT2D eigenvalue weighted by molar-refractivity contribution is 4.76. The first-order chi connectivity index (χ1) is 4.74. The molecule has 0 aromatic heterocycles. The Morgan fingerprint density at radius 1 is 1.40 bits per heavy atom. The van der Waals surface area contributed by atoms with Gasteiger partial charge in [0.2, 0.25) is 0 Å². The van der Waals surface area contributed by atoms with Crippen molar-refractivity contribution in [1.82, 2.24) is 0 Å². The molecule has 10 heavy (non-hydrogen) atoms. The van der Waals surface area contributed by atoms with Gasteiger partial charge >= 0.3 is 0 Å². The molecular formula is C8H16O2. The van der Waals surface area contributed by atoms with E-state index in [1.54, 1.807) is 7.11 Å². The fraction of sp³-hybridized carbons (Fsp3) is 1.00. The molecule has 0 spiro atoms. The normalized spacial score (nSPS) is 41.7. The second-order valence-electron chi connectivity index (χ2n) is 3.22. The zero-order chi connectivity index (χ0) is 7.56. The quantitative estimate of drug-likeness (QED) is 0.599. The summed E-state index contributed by atoms with van der Waals surface area (Å²) >= 11 is 0. The van der Waals surface area contributed by atoms with Crippen molar-refractivity contribution in [3.63, 3.8) is 0 Å². The van der Waals surface area contributed by atoms with Crippen LogP contribution in [-0.2, 0) is 4.74 Å². The highest BCUT2D eigenvalue weighted by Gasteiger charge is 2.25. The van der Waals surface area contributed by atoms with Crippen molar-refractivity contribution in [3.05, 3.63) is 0 Å². The molecule has 1 aliphatic rings. The molecule has 1 aliphatic carbocycles. The van der Waals surface area contributed by atoms with Gasteiger partial charge < -0.3 is 9.84 Å². The molecule has 0 aromatic rings. The Balaban J connectivity index is 2.33. The molecule has 1 rings (SSSR count). The van der Waals surface area contributed by atoms with Gasteiger partial charge in [-0.1, -0.05) is 6.92 Å². The summed E-state index contributed by atoms with van der Waals surface area (Å²) in [4.78, 5) is 0. The van der Waals surface area contributed by atoms with Crippen LogP contribution in [0.2, 0.25) is 0 Å². The second kappa shape index (κ2) is 3.35. The van der Waals surface area contributed by atoms with Gasteiger partial charge in [0.15, 0.2) is 0 Å². The lowest BCUT2D eigenvalue weighted by Crippen LogP contribution is -2.31. The third-order valence-corrected chi connectivity index (χ3v) is 2.44. The molecule has 3 atom stereocenters. The fourth-order valence-corrected chi connectivity index (χ4v) is 1.47. The molecule has 1 fully saturated rings. The Morgan fingerprint density at radius 3 is 2.60 bits per heavy atom. The number of rotatable bonds is 1. The first-order valence-corrected chi connectivity index (χ1v) is 3.95. The van der Waals surface area contributed by atoms with Crippen LogP contribution < -0.4 is 0 Å². The SMILES string of the molecule is CO[C@@H]1CC[C@H](C)[C@H](O)C1. The minimum atomic E-state index is -0.140. The molecule has 0 radical (unpaired) electrons. The standard InChI is InChI=1S/C8H16O2/c1-6-3-4-7(10-2)5-8(6)9/h6-9H,3-5H2,1-2H3/t6-,7+,8+/m0/s1. The Bertz CT molecular complexity index is 103. The van der Waals surface area contributed by atoms with Crippen LogP contribution in [0.3, 0.4) is 0 Å². The predicted octanol–water partition coefficient (Wildman–Crippen LogP) is 1.18. The largest absolute Gasteiger partial charge is 0.393 e. The summed E-state index contributed by atoms with van der Waals surface area (Å²) < 4.78 is 5.15. The van der Waals surface area contributed by atoms with E-state index in [0.29, 0.717) is 12.0 Å². The lowest BCUT2D eigenvalue weighted by Gasteiger charge is -2.29. The topological polar surface area (TPSA) is 29.5 Å². The molecule has 1 saturated carbocycles. The van der Waals surface area contributed by atoms with Gasteiger partial charge in [-0.05, 0) is 25.2 Å². The van der Waals surface area contributed by atoms with Crippen LogP contribution >= 0.6 is 0 Å². The highest BCUT2D eigenvalue weighted by atomic mass is 16.5. The predicted molar refractivity (Wildman–Crippen MR) is 39.8 cm³/mol. The lowest BCUT2D eigenvalue weighted by molar-refractivity contribution is -0.0147. The smallest absolute Gasteiger partial charge is 0.0596 e. The van der Waals surface area contributed by atoms with Gasteiger partial charge in [-0.25, -0.2) is 0 Å². The van der Waals surface area contributed by atoms with Crippen molar-refractivity contribution in [3.8, 4) is 0 Å². The minimum absolute atomic E-state index is 0.140. The summed E-state index contributed by atoms with van der Waals surface area (Å²) in [7, 11) is 1.72. The molecule has 0 unspecified atom stereocenters. The van der Waals surface area contributed by atoms with Gasteiger partial charge in [0.05, 0.1) is 12.2 Å². The molecule has 0 aromatic carbocycles. The van der Waals surface area contributed by atoms with Crippen molar-refractivity contribution in [1.29, 1.82) is 0 Å². The number of methoxy groups -OCH3 is 1. The van der Waals surface area contributed by atoms with Gasteiger partial charge in [-0.2, -0.15) is 0 Å². The van der Waals surface area contributed by atoms with Gasteiger partial charge in [-0.15, -0.1) is 0 Å². The molecule has 0 saturated heterocycles. The number of aliphatic hydroxyl groups is 1. The number of hydrogen-bond donors (Lipinski definition) is 1. The van der Waals surface area contributed by atoms with E-state index in [0.717, 1.165) is 19.3 Å². The van der Waals surface area contributed by atoms with Crippen LogP contribution in [0.25, 0.3) is 0 Å². The molecule has 0 bridgehead atoms. The summed E-state index contributed by atoms with van der Waals surface area (Å²) in [5.41, 5.74) is 0. The fourth-order valence-electron chi connectivity index (χ4n) is 1.47. The van der Waals surface area contributed by atoms with E-state index >= 15 is 0 Å². The van der Waals surface area contributed by atoms with Crippen molar-refractivity contribution in [2.24, 2.45) is 5.92 Å². The van der Waals surface area contributed by atoms with Gasteiger partial charge in [-0.3, -0.25) is 0 Å². The van der Waals surface area contributed by atoms with Crippen LogP contribution in [0.5, 0.6) is 0 Å². The molecule has 0 heterocycles. The van der Waals surface area contributed by atoms with Crippen LogP contribution in [-0.4, -0.2) is 24.4 Å². The Labute approximate surface area is 62.2 Å². The zero-order valence-corrected chi connectivity index (χ0v) is 6.71. The van der Waals surface area contributed by atoms with E-state index in [9.17, 15) is 5.11 Å². The molecule has 2 nitrogen and oxygen atoms in total. The Kier molecular flexibility index (Phi) is 2.69. The average Bonchev–Trinajstić information content (AvgIpc) is 1.95. The van der Waals surface area contributed by atoms with Crippen LogP contribution in [0, 0.1) is 5.92 Å². The van der Waals surface area contributed by atoms with Crippen LogP contribution in [0.15, 0.2) is 0 Å². The molecular weight excluding hydrogens is 128 g/mol. The monoisotopic (exact) mass is 144 g/mol. The van der Waals surface area contributed by atoms with E-state index < -0.39 is 0 Å². The zero-order valence-electron chi connectivity index (χ0n) is 6.71. The number of aliphatic hydroxyl groups excluding tert-OH is 1. The maximum Gasteiger partial charge on any atom is 0.0596 e. The highest BCUT2D eigenvalue weighted by Crippen LogP contribution is 2.25. The van der Waals surface area contributed by atoms with Crippen molar-refractivity contribution >= 4 is 0 Å². The number of ether oxygens (including phenoxy) is 1. The van der Waals surface area contributed by atoms with Crippen molar-refractivity contribution in [2.75, 3.05) is 7.11 Å². The first kappa shape index (κ1) is 8.02. The minimum Gasteiger partial charge on any atom is -0.393 e. The Morgan fingerprint density at radius 2 is 2.10 bits per heavy atom.